The molecule has 0 saturated carbocycles. The van der Waals surface area contributed by atoms with E-state index in [1.165, 1.54) is 5.56 Å². The van der Waals surface area contributed by atoms with Crippen LogP contribution in [-0.4, -0.2) is 40.4 Å². The molecule has 1 rings (SSSR count). The molecule has 0 aliphatic carbocycles. The van der Waals surface area contributed by atoms with Crippen molar-refractivity contribution in [2.45, 2.75) is 59.2 Å². The fourth-order valence-electron chi connectivity index (χ4n) is 3.09. The van der Waals surface area contributed by atoms with Crippen molar-refractivity contribution in [2.24, 2.45) is 0 Å². The third-order valence-corrected chi connectivity index (χ3v) is 4.42. The second-order valence-corrected chi connectivity index (χ2v) is 5.23. The molecule has 0 aromatic carbocycles. The summed E-state index contributed by atoms with van der Waals surface area (Å²) in [5.41, 5.74) is 1.39. The minimum Gasteiger partial charge on any atom is -0.311 e. The van der Waals surface area contributed by atoms with Crippen molar-refractivity contribution in [3.63, 3.8) is 0 Å². The SMILES string of the molecule is CCN(CC)C(C)(CC)C(NC)c1cnn(CC)c1. The minimum absolute atomic E-state index is 0.111. The van der Waals surface area contributed by atoms with Crippen LogP contribution >= 0.6 is 0 Å². The van der Waals surface area contributed by atoms with Gasteiger partial charge < -0.3 is 5.32 Å². The standard InChI is InChI=1S/C15H30N4/c1-7-15(5,18(8-2)9-3)14(16-6)13-11-17-19(10-4)12-13/h11-12,14,16H,7-10H2,1-6H3. The molecule has 110 valence electrons. The van der Waals surface area contributed by atoms with Gasteiger partial charge in [0.15, 0.2) is 0 Å². The third kappa shape index (κ3) is 3.18. The first-order valence-corrected chi connectivity index (χ1v) is 7.51. The van der Waals surface area contributed by atoms with Crippen LogP contribution in [0.25, 0.3) is 0 Å². The fraction of sp³-hybridized carbons (Fsp3) is 0.800. The summed E-state index contributed by atoms with van der Waals surface area (Å²) in [5, 5.41) is 7.92. The zero-order valence-electron chi connectivity index (χ0n) is 13.4. The average molecular weight is 266 g/mol. The van der Waals surface area contributed by atoms with E-state index in [2.05, 4.69) is 56.1 Å². The van der Waals surface area contributed by atoms with Gasteiger partial charge >= 0.3 is 0 Å². The number of hydrogen-bond acceptors (Lipinski definition) is 3. The maximum atomic E-state index is 4.42. The highest BCUT2D eigenvalue weighted by atomic mass is 15.3. The molecule has 0 saturated heterocycles. The summed E-state index contributed by atoms with van der Waals surface area (Å²) >= 11 is 0. The summed E-state index contributed by atoms with van der Waals surface area (Å²) in [6, 6.07) is 0.303. The Morgan fingerprint density at radius 3 is 2.32 bits per heavy atom. The van der Waals surface area contributed by atoms with Crippen molar-refractivity contribution in [3.05, 3.63) is 18.0 Å². The van der Waals surface area contributed by atoms with E-state index in [0.717, 1.165) is 26.1 Å². The molecular weight excluding hydrogens is 236 g/mol. The molecule has 1 aromatic heterocycles. The highest BCUT2D eigenvalue weighted by Gasteiger charge is 2.37. The summed E-state index contributed by atoms with van der Waals surface area (Å²) in [4.78, 5) is 2.54. The van der Waals surface area contributed by atoms with Gasteiger partial charge in [0, 0.05) is 23.8 Å². The van der Waals surface area contributed by atoms with Crippen LogP contribution in [0.2, 0.25) is 0 Å². The molecule has 0 radical (unpaired) electrons. The van der Waals surface area contributed by atoms with Gasteiger partial charge in [0.25, 0.3) is 0 Å². The number of hydrogen-bond donors (Lipinski definition) is 1. The zero-order valence-corrected chi connectivity index (χ0v) is 13.4. The van der Waals surface area contributed by atoms with Gasteiger partial charge in [-0.15, -0.1) is 0 Å². The van der Waals surface area contributed by atoms with Crippen LogP contribution in [-0.2, 0) is 6.54 Å². The van der Waals surface area contributed by atoms with E-state index in [1.807, 2.05) is 17.9 Å². The third-order valence-electron chi connectivity index (χ3n) is 4.42. The first-order valence-electron chi connectivity index (χ1n) is 7.51. The Hall–Kier alpha value is -0.870. The average Bonchev–Trinajstić information content (AvgIpc) is 2.89. The lowest BCUT2D eigenvalue weighted by Gasteiger charge is -2.45. The molecule has 4 heteroatoms. The summed E-state index contributed by atoms with van der Waals surface area (Å²) in [6.45, 7) is 14.3. The van der Waals surface area contributed by atoms with Gasteiger partial charge in [-0.25, -0.2) is 0 Å². The summed E-state index contributed by atoms with van der Waals surface area (Å²) in [5.74, 6) is 0. The summed E-state index contributed by atoms with van der Waals surface area (Å²) in [7, 11) is 2.05. The van der Waals surface area contributed by atoms with Gasteiger partial charge in [-0.1, -0.05) is 20.8 Å². The Morgan fingerprint density at radius 1 is 1.32 bits per heavy atom. The van der Waals surface area contributed by atoms with Crippen LogP contribution in [0.15, 0.2) is 12.4 Å². The topological polar surface area (TPSA) is 33.1 Å². The number of aryl methyl sites for hydroxylation is 1. The van der Waals surface area contributed by atoms with E-state index in [-0.39, 0.29) is 5.54 Å². The van der Waals surface area contributed by atoms with Gasteiger partial charge in [-0.3, -0.25) is 9.58 Å². The van der Waals surface area contributed by atoms with Crippen LogP contribution < -0.4 is 5.32 Å². The van der Waals surface area contributed by atoms with Gasteiger partial charge in [0.2, 0.25) is 0 Å². The molecule has 2 atom stereocenters. The number of likely N-dealkylation sites (N-methyl/N-ethyl adjacent to an activating group) is 2. The van der Waals surface area contributed by atoms with E-state index >= 15 is 0 Å². The fourth-order valence-corrected chi connectivity index (χ4v) is 3.09. The van der Waals surface area contributed by atoms with E-state index in [0.29, 0.717) is 6.04 Å². The molecule has 0 spiro atoms. The number of rotatable bonds is 8. The highest BCUT2D eigenvalue weighted by molar-refractivity contribution is 5.17. The Labute approximate surface area is 118 Å². The van der Waals surface area contributed by atoms with Crippen molar-refractivity contribution in [1.29, 1.82) is 0 Å². The second-order valence-electron chi connectivity index (χ2n) is 5.23. The molecule has 19 heavy (non-hydrogen) atoms. The van der Waals surface area contributed by atoms with Crippen molar-refractivity contribution >= 4 is 0 Å². The van der Waals surface area contributed by atoms with Crippen LogP contribution in [0.1, 0.15) is 52.6 Å². The summed E-state index contributed by atoms with van der Waals surface area (Å²) < 4.78 is 2.00. The number of nitrogens with one attached hydrogen (secondary N) is 1. The quantitative estimate of drug-likeness (QED) is 0.785. The molecule has 0 amide bonds. The maximum absolute atomic E-state index is 4.42. The Balaban J connectivity index is 3.10. The van der Waals surface area contributed by atoms with Crippen LogP contribution in [0.4, 0.5) is 0 Å². The molecule has 1 aromatic rings. The molecular formula is C15H30N4. The largest absolute Gasteiger partial charge is 0.311 e. The Kier molecular flexibility index (Phi) is 6.01. The first kappa shape index (κ1) is 16.2. The Morgan fingerprint density at radius 2 is 1.95 bits per heavy atom. The van der Waals surface area contributed by atoms with Crippen molar-refractivity contribution in [2.75, 3.05) is 20.1 Å². The van der Waals surface area contributed by atoms with E-state index in [9.17, 15) is 0 Å². The lowest BCUT2D eigenvalue weighted by atomic mass is 9.84. The highest BCUT2D eigenvalue weighted by Crippen LogP contribution is 2.33. The first-order chi connectivity index (χ1) is 9.07. The summed E-state index contributed by atoms with van der Waals surface area (Å²) in [6.07, 6.45) is 5.28. The van der Waals surface area contributed by atoms with Gasteiger partial charge in [0.1, 0.15) is 0 Å². The monoisotopic (exact) mass is 266 g/mol. The molecule has 0 aliphatic heterocycles. The zero-order chi connectivity index (χ0) is 14.5. The lowest BCUT2D eigenvalue weighted by Crippen LogP contribution is -2.53. The normalized spacial score (nSPS) is 16.6. The lowest BCUT2D eigenvalue weighted by molar-refractivity contribution is 0.0728. The molecule has 0 aliphatic rings. The molecule has 0 bridgehead atoms. The van der Waals surface area contributed by atoms with Crippen molar-refractivity contribution in [1.82, 2.24) is 20.0 Å². The van der Waals surface area contributed by atoms with Crippen molar-refractivity contribution < 1.29 is 0 Å². The van der Waals surface area contributed by atoms with Crippen LogP contribution in [0.3, 0.4) is 0 Å². The molecule has 1 N–H and O–H groups in total. The number of aromatic nitrogens is 2. The minimum atomic E-state index is 0.111. The molecule has 4 nitrogen and oxygen atoms in total. The van der Waals surface area contributed by atoms with E-state index < -0.39 is 0 Å². The van der Waals surface area contributed by atoms with E-state index in [4.69, 9.17) is 0 Å². The molecule has 1 heterocycles. The predicted octanol–water partition coefficient (Wildman–Crippen LogP) is 2.67. The van der Waals surface area contributed by atoms with Gasteiger partial charge in [-0.05, 0) is 40.4 Å². The number of nitrogens with zero attached hydrogens (tertiary/aromatic N) is 3. The molecule has 2 unspecified atom stereocenters. The van der Waals surface area contributed by atoms with E-state index in [1.54, 1.807) is 0 Å². The van der Waals surface area contributed by atoms with Crippen LogP contribution in [0.5, 0.6) is 0 Å². The predicted molar refractivity (Wildman–Crippen MR) is 81.3 cm³/mol. The second kappa shape index (κ2) is 7.06. The smallest absolute Gasteiger partial charge is 0.0538 e. The maximum Gasteiger partial charge on any atom is 0.0538 e. The van der Waals surface area contributed by atoms with Crippen LogP contribution in [0, 0.1) is 0 Å². The van der Waals surface area contributed by atoms with Crippen molar-refractivity contribution in [3.8, 4) is 0 Å². The Bertz CT molecular complexity index is 370. The van der Waals surface area contributed by atoms with Gasteiger partial charge in [-0.2, -0.15) is 5.10 Å². The van der Waals surface area contributed by atoms with Gasteiger partial charge in [0.05, 0.1) is 12.2 Å². The molecule has 0 fully saturated rings.